The highest BCUT2D eigenvalue weighted by molar-refractivity contribution is 7.17. The number of hydrogen-bond donors (Lipinski definition) is 0. The molecule has 0 spiro atoms. The van der Waals surface area contributed by atoms with Gasteiger partial charge in [0, 0.05) is 23.5 Å². The molecule has 6 nitrogen and oxygen atoms in total. The summed E-state index contributed by atoms with van der Waals surface area (Å²) in [5.74, 6) is 0.0978. The van der Waals surface area contributed by atoms with Crippen LogP contribution in [0.15, 0.2) is 41.1 Å². The van der Waals surface area contributed by atoms with Gasteiger partial charge in [0.1, 0.15) is 15.6 Å². The monoisotopic (exact) mass is 442 g/mol. The molecule has 0 aliphatic heterocycles. The predicted molar refractivity (Wildman–Crippen MR) is 117 cm³/mol. The van der Waals surface area contributed by atoms with Gasteiger partial charge in [-0.25, -0.2) is 9.78 Å². The van der Waals surface area contributed by atoms with Gasteiger partial charge in [0.25, 0.3) is 5.91 Å². The second kappa shape index (κ2) is 8.97. The van der Waals surface area contributed by atoms with Crippen molar-refractivity contribution in [3.05, 3.63) is 57.2 Å². The molecule has 0 radical (unpaired) electrons. The fourth-order valence-corrected chi connectivity index (χ4v) is 4.78. The molecule has 3 aromatic rings. The Morgan fingerprint density at radius 1 is 1.20 bits per heavy atom. The van der Waals surface area contributed by atoms with Crippen molar-refractivity contribution in [2.45, 2.75) is 32.4 Å². The molecule has 0 saturated heterocycles. The fraction of sp³-hybridized carbons (Fsp3) is 0.318. The molecule has 0 unspecified atom stereocenters. The van der Waals surface area contributed by atoms with E-state index in [2.05, 4.69) is 4.98 Å². The van der Waals surface area contributed by atoms with E-state index in [0.717, 1.165) is 34.7 Å². The Morgan fingerprint density at radius 3 is 2.60 bits per heavy atom. The van der Waals surface area contributed by atoms with E-state index in [1.165, 1.54) is 11.3 Å². The summed E-state index contributed by atoms with van der Waals surface area (Å²) in [7, 11) is 1.62. The summed E-state index contributed by atoms with van der Waals surface area (Å²) >= 11 is 2.87. The largest absolute Gasteiger partial charge is 0.497 e. The van der Waals surface area contributed by atoms with E-state index in [0.29, 0.717) is 17.1 Å². The van der Waals surface area contributed by atoms with Crippen LogP contribution in [-0.2, 0) is 16.1 Å². The molecule has 1 fully saturated rings. The minimum Gasteiger partial charge on any atom is -0.497 e. The van der Waals surface area contributed by atoms with E-state index in [1.54, 1.807) is 30.3 Å². The number of benzene rings is 1. The van der Waals surface area contributed by atoms with Gasteiger partial charge in [-0.2, -0.15) is 11.3 Å². The van der Waals surface area contributed by atoms with E-state index in [9.17, 15) is 9.59 Å². The first-order valence-corrected chi connectivity index (χ1v) is 11.4. The van der Waals surface area contributed by atoms with Gasteiger partial charge in [0.2, 0.25) is 0 Å². The number of nitrogens with zero attached hydrogens (tertiary/aromatic N) is 2. The maximum Gasteiger partial charge on any atom is 0.350 e. The second-order valence-corrected chi connectivity index (χ2v) is 8.90. The molecule has 1 saturated carbocycles. The minimum absolute atomic E-state index is 0.179. The van der Waals surface area contributed by atoms with Crippen LogP contribution in [0.1, 0.15) is 33.8 Å². The molecule has 0 atom stereocenters. The molecule has 8 heteroatoms. The maximum atomic E-state index is 12.8. The Kier molecular flexibility index (Phi) is 6.15. The summed E-state index contributed by atoms with van der Waals surface area (Å²) in [4.78, 5) is 32.0. The van der Waals surface area contributed by atoms with Gasteiger partial charge in [-0.15, -0.1) is 11.3 Å². The van der Waals surface area contributed by atoms with Gasteiger partial charge < -0.3 is 14.4 Å². The molecule has 0 N–H and O–H groups in total. The number of hydrogen-bond acceptors (Lipinski definition) is 7. The highest BCUT2D eigenvalue weighted by Crippen LogP contribution is 2.31. The normalized spacial score (nSPS) is 13.1. The number of ether oxygens (including phenoxy) is 2. The van der Waals surface area contributed by atoms with E-state index >= 15 is 0 Å². The van der Waals surface area contributed by atoms with Crippen LogP contribution in [0.25, 0.3) is 10.6 Å². The number of carbonyl (C=O) groups is 2. The third-order valence-corrected chi connectivity index (χ3v) is 6.77. The van der Waals surface area contributed by atoms with Crippen LogP contribution in [0.2, 0.25) is 0 Å². The molecular formula is C22H22N2O4S2. The first kappa shape index (κ1) is 20.6. The summed E-state index contributed by atoms with van der Waals surface area (Å²) in [6, 6.07) is 9.83. The van der Waals surface area contributed by atoms with E-state index in [4.69, 9.17) is 9.47 Å². The van der Waals surface area contributed by atoms with Crippen molar-refractivity contribution in [1.82, 2.24) is 9.88 Å². The van der Waals surface area contributed by atoms with Crippen LogP contribution < -0.4 is 4.74 Å². The lowest BCUT2D eigenvalue weighted by molar-refractivity contribution is -0.135. The topological polar surface area (TPSA) is 68.7 Å². The zero-order valence-electron chi connectivity index (χ0n) is 16.8. The summed E-state index contributed by atoms with van der Waals surface area (Å²) < 4.78 is 10.5. The Labute approximate surface area is 183 Å². The van der Waals surface area contributed by atoms with Crippen LogP contribution in [-0.4, -0.2) is 41.5 Å². The molecule has 156 valence electrons. The molecule has 1 aliphatic rings. The molecule has 4 rings (SSSR count). The third-order valence-electron chi connectivity index (χ3n) is 4.90. The van der Waals surface area contributed by atoms with Gasteiger partial charge in [-0.05, 0) is 48.9 Å². The van der Waals surface area contributed by atoms with Crippen LogP contribution in [0.5, 0.6) is 5.75 Å². The fourth-order valence-electron chi connectivity index (χ4n) is 3.11. The van der Waals surface area contributed by atoms with Crippen LogP contribution in [0, 0.1) is 6.92 Å². The number of rotatable bonds is 8. The van der Waals surface area contributed by atoms with Crippen molar-refractivity contribution in [3.8, 4) is 16.3 Å². The number of carbonyl (C=O) groups excluding carboxylic acids is 2. The lowest BCUT2D eigenvalue weighted by Gasteiger charge is -2.22. The standard InChI is InChI=1S/C22H22N2O4S2/c1-14-20(30-21(23-14)16-9-10-29-13-16)22(26)28-12-19(25)24(17-5-6-17)11-15-3-7-18(27-2)8-4-15/h3-4,7-10,13,17H,5-6,11-12H2,1-2H3. The van der Waals surface area contributed by atoms with Crippen molar-refractivity contribution in [2.24, 2.45) is 0 Å². The Bertz CT molecular complexity index is 1020. The van der Waals surface area contributed by atoms with E-state index in [1.807, 2.05) is 41.1 Å². The highest BCUT2D eigenvalue weighted by Gasteiger charge is 2.33. The van der Waals surface area contributed by atoms with Gasteiger partial charge in [0.05, 0.1) is 12.8 Å². The number of esters is 1. The number of amides is 1. The summed E-state index contributed by atoms with van der Waals surface area (Å²) in [6.45, 7) is 2.01. The second-order valence-electron chi connectivity index (χ2n) is 7.12. The SMILES string of the molecule is COc1ccc(CN(C(=O)COC(=O)c2sc(-c3ccsc3)nc2C)C2CC2)cc1. The van der Waals surface area contributed by atoms with Crippen LogP contribution in [0.4, 0.5) is 0 Å². The van der Waals surface area contributed by atoms with E-state index < -0.39 is 5.97 Å². The third kappa shape index (κ3) is 4.71. The zero-order chi connectivity index (χ0) is 21.1. The summed E-state index contributed by atoms with van der Waals surface area (Å²) in [5.41, 5.74) is 2.62. The average Bonchev–Trinajstić information content (AvgIpc) is 3.29. The molecule has 2 aromatic heterocycles. The smallest absolute Gasteiger partial charge is 0.350 e. The summed E-state index contributed by atoms with van der Waals surface area (Å²) in [6.07, 6.45) is 1.96. The Balaban J connectivity index is 1.38. The predicted octanol–water partition coefficient (Wildman–Crippen LogP) is 4.54. The molecule has 0 bridgehead atoms. The van der Waals surface area contributed by atoms with Gasteiger partial charge in [0.15, 0.2) is 6.61 Å². The van der Waals surface area contributed by atoms with Crippen molar-refractivity contribution >= 4 is 34.6 Å². The first-order chi connectivity index (χ1) is 14.5. The number of aromatic nitrogens is 1. The minimum atomic E-state index is -0.500. The van der Waals surface area contributed by atoms with E-state index in [-0.39, 0.29) is 18.6 Å². The van der Waals surface area contributed by atoms with Crippen LogP contribution in [0.3, 0.4) is 0 Å². The number of thiazole rings is 1. The highest BCUT2D eigenvalue weighted by atomic mass is 32.1. The van der Waals surface area contributed by atoms with Crippen LogP contribution >= 0.6 is 22.7 Å². The van der Waals surface area contributed by atoms with Gasteiger partial charge >= 0.3 is 5.97 Å². The van der Waals surface area contributed by atoms with Crippen molar-refractivity contribution in [3.63, 3.8) is 0 Å². The number of methoxy groups -OCH3 is 1. The van der Waals surface area contributed by atoms with Crippen molar-refractivity contribution in [1.29, 1.82) is 0 Å². The molecule has 2 heterocycles. The average molecular weight is 443 g/mol. The summed E-state index contributed by atoms with van der Waals surface area (Å²) in [5, 5.41) is 4.74. The number of thiophene rings is 1. The van der Waals surface area contributed by atoms with Crippen molar-refractivity contribution < 1.29 is 19.1 Å². The van der Waals surface area contributed by atoms with Gasteiger partial charge in [-0.3, -0.25) is 4.79 Å². The maximum absolute atomic E-state index is 12.8. The zero-order valence-corrected chi connectivity index (χ0v) is 18.4. The lowest BCUT2D eigenvalue weighted by atomic mass is 10.2. The molecule has 1 aromatic carbocycles. The first-order valence-electron chi connectivity index (χ1n) is 9.64. The number of aryl methyl sites for hydroxylation is 1. The van der Waals surface area contributed by atoms with Gasteiger partial charge in [-0.1, -0.05) is 12.1 Å². The van der Waals surface area contributed by atoms with Crippen molar-refractivity contribution in [2.75, 3.05) is 13.7 Å². The molecule has 1 aliphatic carbocycles. The lowest BCUT2D eigenvalue weighted by Crippen LogP contribution is -2.36. The molecular weight excluding hydrogens is 420 g/mol. The quantitative estimate of drug-likeness (QED) is 0.479. The Hall–Kier alpha value is -2.71. The Morgan fingerprint density at radius 2 is 1.97 bits per heavy atom. The molecule has 1 amide bonds. The molecule has 30 heavy (non-hydrogen) atoms.